The first-order chi connectivity index (χ1) is 14.4. The number of fused-ring (bicyclic) bond motifs is 1. The molecule has 0 spiro atoms. The minimum atomic E-state index is -3.02. The maximum absolute atomic E-state index is 12.9. The third-order valence-corrected chi connectivity index (χ3v) is 4.16. The van der Waals surface area contributed by atoms with E-state index >= 15 is 0 Å². The SMILES string of the molecule is CCOC(=O)c1cc([N+](=O)[O-])cnc1/C=C/c1c(OC(F)F)ccc2ccccc12. The van der Waals surface area contributed by atoms with Gasteiger partial charge in [-0.1, -0.05) is 30.3 Å². The third kappa shape index (κ3) is 4.57. The number of carbonyl (C=O) groups excluding carboxylic acids is 1. The van der Waals surface area contributed by atoms with E-state index in [1.807, 2.05) is 6.07 Å². The number of esters is 1. The Morgan fingerprint density at radius 2 is 2.00 bits per heavy atom. The van der Waals surface area contributed by atoms with E-state index in [2.05, 4.69) is 9.72 Å². The molecule has 1 heterocycles. The van der Waals surface area contributed by atoms with Crippen LogP contribution in [0.1, 0.15) is 28.5 Å². The molecule has 7 nitrogen and oxygen atoms in total. The minimum Gasteiger partial charge on any atom is -0.462 e. The van der Waals surface area contributed by atoms with Crippen LogP contribution in [0.15, 0.2) is 48.7 Å². The lowest BCUT2D eigenvalue weighted by molar-refractivity contribution is -0.385. The molecule has 9 heteroatoms. The number of aromatic nitrogens is 1. The fourth-order valence-electron chi connectivity index (χ4n) is 2.88. The molecule has 0 aliphatic rings. The predicted octanol–water partition coefficient (Wildman–Crippen LogP) is 5.09. The van der Waals surface area contributed by atoms with Crippen molar-refractivity contribution in [1.29, 1.82) is 0 Å². The molecule has 0 saturated carbocycles. The molecule has 0 fully saturated rings. The maximum atomic E-state index is 12.9. The van der Waals surface area contributed by atoms with Crippen LogP contribution in [0.25, 0.3) is 22.9 Å². The van der Waals surface area contributed by atoms with Crippen LogP contribution in [0.2, 0.25) is 0 Å². The zero-order valence-corrected chi connectivity index (χ0v) is 15.7. The van der Waals surface area contributed by atoms with Crippen molar-refractivity contribution in [3.63, 3.8) is 0 Å². The molecule has 3 aromatic rings. The Bertz CT molecular complexity index is 1130. The summed E-state index contributed by atoms with van der Waals surface area (Å²) in [5.41, 5.74) is -0.0423. The maximum Gasteiger partial charge on any atom is 0.387 e. The Labute approximate surface area is 169 Å². The fraction of sp³-hybridized carbons (Fsp3) is 0.143. The normalized spacial score (nSPS) is 11.2. The second-order valence-corrected chi connectivity index (χ2v) is 6.01. The quantitative estimate of drug-likeness (QED) is 0.304. The van der Waals surface area contributed by atoms with Crippen LogP contribution in [0.5, 0.6) is 5.75 Å². The topological polar surface area (TPSA) is 91.6 Å². The highest BCUT2D eigenvalue weighted by atomic mass is 19.3. The summed E-state index contributed by atoms with van der Waals surface area (Å²) in [6, 6.07) is 11.2. The van der Waals surface area contributed by atoms with Crippen LogP contribution in [0, 0.1) is 10.1 Å². The van der Waals surface area contributed by atoms with Crippen molar-refractivity contribution < 1.29 is 28.0 Å². The summed E-state index contributed by atoms with van der Waals surface area (Å²) in [5, 5.41) is 12.5. The van der Waals surface area contributed by atoms with Gasteiger partial charge in [0.25, 0.3) is 5.69 Å². The number of hydrogen-bond donors (Lipinski definition) is 0. The molecule has 0 saturated heterocycles. The molecule has 0 atom stereocenters. The highest BCUT2D eigenvalue weighted by Crippen LogP contribution is 2.31. The summed E-state index contributed by atoms with van der Waals surface area (Å²) < 4.78 is 35.3. The molecule has 0 aliphatic heterocycles. The second kappa shape index (κ2) is 9.08. The summed E-state index contributed by atoms with van der Waals surface area (Å²) >= 11 is 0. The first-order valence-electron chi connectivity index (χ1n) is 8.87. The minimum absolute atomic E-state index is 0.0560. The average Bonchev–Trinajstić information content (AvgIpc) is 2.72. The van der Waals surface area contributed by atoms with Gasteiger partial charge < -0.3 is 9.47 Å². The smallest absolute Gasteiger partial charge is 0.387 e. The van der Waals surface area contributed by atoms with Crippen molar-refractivity contribution in [2.75, 3.05) is 6.61 Å². The Hall–Kier alpha value is -3.88. The fourth-order valence-corrected chi connectivity index (χ4v) is 2.88. The molecule has 1 aromatic heterocycles. The number of nitrogens with zero attached hydrogens (tertiary/aromatic N) is 2. The van der Waals surface area contributed by atoms with Gasteiger partial charge in [0.2, 0.25) is 0 Å². The monoisotopic (exact) mass is 414 g/mol. The van der Waals surface area contributed by atoms with Crippen LogP contribution < -0.4 is 4.74 Å². The number of pyridine rings is 1. The van der Waals surface area contributed by atoms with Crippen molar-refractivity contribution in [3.8, 4) is 5.75 Å². The predicted molar refractivity (Wildman–Crippen MR) is 106 cm³/mol. The van der Waals surface area contributed by atoms with Crippen molar-refractivity contribution in [3.05, 3.63) is 75.6 Å². The molecule has 154 valence electrons. The van der Waals surface area contributed by atoms with Gasteiger partial charge in [0, 0.05) is 11.6 Å². The Balaban J connectivity index is 2.12. The Kier molecular flexibility index (Phi) is 6.31. The molecule has 3 rings (SSSR count). The zero-order chi connectivity index (χ0) is 21.7. The van der Waals surface area contributed by atoms with Gasteiger partial charge in [-0.2, -0.15) is 8.78 Å². The van der Waals surface area contributed by atoms with E-state index in [1.165, 1.54) is 18.2 Å². The lowest BCUT2D eigenvalue weighted by atomic mass is 10.0. The summed E-state index contributed by atoms with van der Waals surface area (Å²) in [7, 11) is 0. The van der Waals surface area contributed by atoms with E-state index in [9.17, 15) is 23.7 Å². The number of benzene rings is 2. The molecule has 30 heavy (non-hydrogen) atoms. The highest BCUT2D eigenvalue weighted by molar-refractivity contribution is 5.98. The van der Waals surface area contributed by atoms with E-state index in [0.717, 1.165) is 17.6 Å². The number of ether oxygens (including phenoxy) is 2. The number of rotatable bonds is 7. The second-order valence-electron chi connectivity index (χ2n) is 6.01. The molecular weight excluding hydrogens is 398 g/mol. The summed E-state index contributed by atoms with van der Waals surface area (Å²) in [4.78, 5) is 26.6. The van der Waals surface area contributed by atoms with Crippen LogP contribution in [0.4, 0.5) is 14.5 Å². The van der Waals surface area contributed by atoms with Gasteiger partial charge >= 0.3 is 12.6 Å². The molecule has 0 radical (unpaired) electrons. The summed E-state index contributed by atoms with van der Waals surface area (Å²) in [6.45, 7) is -1.35. The van der Waals surface area contributed by atoms with Crippen LogP contribution in [-0.2, 0) is 4.74 Å². The summed E-state index contributed by atoms with van der Waals surface area (Å²) in [6.07, 6.45) is 3.87. The number of alkyl halides is 2. The van der Waals surface area contributed by atoms with E-state index in [1.54, 1.807) is 31.2 Å². The Morgan fingerprint density at radius 3 is 2.70 bits per heavy atom. The van der Waals surface area contributed by atoms with Crippen LogP contribution in [-0.4, -0.2) is 29.1 Å². The van der Waals surface area contributed by atoms with E-state index in [4.69, 9.17) is 4.74 Å². The number of nitro groups is 1. The molecule has 0 amide bonds. The Morgan fingerprint density at radius 1 is 1.23 bits per heavy atom. The van der Waals surface area contributed by atoms with Crippen molar-refractivity contribution in [2.45, 2.75) is 13.5 Å². The highest BCUT2D eigenvalue weighted by Gasteiger charge is 2.18. The van der Waals surface area contributed by atoms with Crippen molar-refractivity contribution in [2.24, 2.45) is 0 Å². The molecule has 0 unspecified atom stereocenters. The average molecular weight is 414 g/mol. The van der Waals surface area contributed by atoms with Gasteiger partial charge in [-0.3, -0.25) is 10.1 Å². The first kappa shape index (κ1) is 20.8. The third-order valence-electron chi connectivity index (χ3n) is 4.16. The van der Waals surface area contributed by atoms with Gasteiger partial charge in [-0.15, -0.1) is 0 Å². The number of hydrogen-bond acceptors (Lipinski definition) is 6. The molecule has 2 aromatic carbocycles. The van der Waals surface area contributed by atoms with E-state index < -0.39 is 17.5 Å². The van der Waals surface area contributed by atoms with Gasteiger partial charge in [-0.05, 0) is 35.9 Å². The van der Waals surface area contributed by atoms with Crippen molar-refractivity contribution >= 4 is 34.6 Å². The lowest BCUT2D eigenvalue weighted by Crippen LogP contribution is -2.08. The lowest BCUT2D eigenvalue weighted by Gasteiger charge is -2.11. The van der Waals surface area contributed by atoms with Crippen LogP contribution >= 0.6 is 0 Å². The zero-order valence-electron chi connectivity index (χ0n) is 15.7. The number of halogens is 2. The standard InChI is InChI=1S/C21H16F2N2O5/c1-2-29-20(26)17-11-14(25(27)28)12-24-18(17)9-8-16-15-6-4-3-5-13(15)7-10-19(16)30-21(22)23/h3-12,21H,2H2,1H3/b9-8+. The summed E-state index contributed by atoms with van der Waals surface area (Å²) in [5.74, 6) is -0.838. The van der Waals surface area contributed by atoms with Gasteiger partial charge in [0.1, 0.15) is 11.9 Å². The van der Waals surface area contributed by atoms with E-state index in [0.29, 0.717) is 10.9 Å². The van der Waals surface area contributed by atoms with Gasteiger partial charge in [0.05, 0.1) is 22.8 Å². The molecule has 0 N–H and O–H groups in total. The van der Waals surface area contributed by atoms with Crippen molar-refractivity contribution in [1.82, 2.24) is 4.98 Å². The van der Waals surface area contributed by atoms with Gasteiger partial charge in [0.15, 0.2) is 0 Å². The molecule has 0 bridgehead atoms. The molecule has 0 aliphatic carbocycles. The largest absolute Gasteiger partial charge is 0.462 e. The first-order valence-corrected chi connectivity index (χ1v) is 8.87. The molecular formula is C21H16F2N2O5. The van der Waals surface area contributed by atoms with Gasteiger partial charge in [-0.25, -0.2) is 9.78 Å². The van der Waals surface area contributed by atoms with E-state index in [-0.39, 0.29) is 29.3 Å². The number of carbonyl (C=O) groups is 1. The van der Waals surface area contributed by atoms with Crippen LogP contribution in [0.3, 0.4) is 0 Å².